The molecule has 3 heteroatoms. The van der Waals surface area contributed by atoms with Gasteiger partial charge < -0.3 is 5.32 Å². The van der Waals surface area contributed by atoms with Gasteiger partial charge in [-0.3, -0.25) is 0 Å². The summed E-state index contributed by atoms with van der Waals surface area (Å²) in [7, 11) is 0. The molecule has 0 atom stereocenters. The Morgan fingerprint density at radius 1 is 1.38 bits per heavy atom. The van der Waals surface area contributed by atoms with Gasteiger partial charge in [0.2, 0.25) is 0 Å². The summed E-state index contributed by atoms with van der Waals surface area (Å²) < 4.78 is 11.3. The Labute approximate surface area is 54.2 Å². The van der Waals surface area contributed by atoms with Crippen LogP contribution in [-0.4, -0.2) is 25.6 Å². The summed E-state index contributed by atoms with van der Waals surface area (Å²) in [5.41, 5.74) is 0. The van der Waals surface area contributed by atoms with E-state index in [2.05, 4.69) is 5.32 Å². The van der Waals surface area contributed by atoms with Gasteiger partial charge in [0.15, 0.2) is 0 Å². The van der Waals surface area contributed by atoms with Crippen molar-refractivity contribution in [1.29, 1.82) is 0 Å². The van der Waals surface area contributed by atoms with Gasteiger partial charge in [-0.15, -0.1) is 11.6 Å². The van der Waals surface area contributed by atoms with Gasteiger partial charge in [0, 0.05) is 12.4 Å². The van der Waals surface area contributed by atoms with Crippen LogP contribution in [0.15, 0.2) is 0 Å². The summed E-state index contributed by atoms with van der Waals surface area (Å²) in [5, 5.41) is 2.88. The summed E-state index contributed by atoms with van der Waals surface area (Å²) in [6.45, 7) is 0.993. The molecule has 50 valence electrons. The second kappa shape index (κ2) is 7.18. The lowest BCUT2D eigenvalue weighted by molar-refractivity contribution is 0.467. The van der Waals surface area contributed by atoms with E-state index in [9.17, 15) is 4.39 Å². The molecule has 8 heavy (non-hydrogen) atoms. The molecular weight excluding hydrogens is 129 g/mol. The van der Waals surface area contributed by atoms with Gasteiger partial charge in [-0.05, 0) is 13.0 Å². The predicted octanol–water partition coefficient (Wildman–Crippen LogP) is 1.17. The van der Waals surface area contributed by atoms with E-state index in [-0.39, 0.29) is 6.67 Å². The van der Waals surface area contributed by atoms with Crippen LogP contribution in [0.5, 0.6) is 0 Å². The highest BCUT2D eigenvalue weighted by molar-refractivity contribution is 6.17. The van der Waals surface area contributed by atoms with Gasteiger partial charge in [0.25, 0.3) is 0 Å². The van der Waals surface area contributed by atoms with Crippen molar-refractivity contribution in [2.75, 3.05) is 25.6 Å². The van der Waals surface area contributed by atoms with Crippen molar-refractivity contribution in [2.45, 2.75) is 6.42 Å². The van der Waals surface area contributed by atoms with Crippen LogP contribution in [0.3, 0.4) is 0 Å². The van der Waals surface area contributed by atoms with Crippen LogP contribution >= 0.6 is 11.6 Å². The molecule has 0 aromatic rings. The maximum absolute atomic E-state index is 11.3. The third kappa shape index (κ3) is 6.18. The molecule has 0 fully saturated rings. The molecule has 0 bridgehead atoms. The van der Waals surface area contributed by atoms with E-state index in [1.165, 1.54) is 0 Å². The molecule has 0 aromatic carbocycles. The molecule has 0 saturated heterocycles. The minimum Gasteiger partial charge on any atom is -0.314 e. The van der Waals surface area contributed by atoms with Crippen LogP contribution in [-0.2, 0) is 0 Å². The monoisotopic (exact) mass is 139 g/mol. The first-order valence-electron chi connectivity index (χ1n) is 2.74. The molecule has 0 rings (SSSR count). The molecule has 0 heterocycles. The van der Waals surface area contributed by atoms with Gasteiger partial charge in [0.1, 0.15) is 6.67 Å². The van der Waals surface area contributed by atoms with E-state index in [1.54, 1.807) is 0 Å². The Morgan fingerprint density at radius 3 is 2.62 bits per heavy atom. The molecule has 0 aliphatic rings. The van der Waals surface area contributed by atoms with Crippen LogP contribution in [0.2, 0.25) is 0 Å². The molecule has 0 spiro atoms. The van der Waals surface area contributed by atoms with Crippen LogP contribution in [0.4, 0.5) is 4.39 Å². The largest absolute Gasteiger partial charge is 0.314 e. The third-order valence-corrected chi connectivity index (χ3v) is 1.03. The second-order valence-electron chi connectivity index (χ2n) is 1.48. The number of halogens is 2. The summed E-state index contributed by atoms with van der Waals surface area (Å²) in [6, 6.07) is 0. The number of rotatable bonds is 5. The first-order chi connectivity index (χ1) is 3.91. The topological polar surface area (TPSA) is 12.0 Å². The van der Waals surface area contributed by atoms with Crippen molar-refractivity contribution >= 4 is 11.6 Å². The van der Waals surface area contributed by atoms with Crippen molar-refractivity contribution in [3.8, 4) is 0 Å². The van der Waals surface area contributed by atoms with E-state index in [4.69, 9.17) is 11.6 Å². The fraction of sp³-hybridized carbons (Fsp3) is 1.00. The maximum atomic E-state index is 11.3. The first kappa shape index (κ1) is 8.18. The summed E-state index contributed by atoms with van der Waals surface area (Å²) in [4.78, 5) is 0. The van der Waals surface area contributed by atoms with Gasteiger partial charge in [-0.1, -0.05) is 0 Å². The van der Waals surface area contributed by atoms with E-state index in [1.807, 2.05) is 0 Å². The predicted molar refractivity (Wildman–Crippen MR) is 34.2 cm³/mol. The summed E-state index contributed by atoms with van der Waals surface area (Å²) >= 11 is 5.35. The van der Waals surface area contributed by atoms with Crippen molar-refractivity contribution in [3.63, 3.8) is 0 Å². The molecule has 0 amide bonds. The van der Waals surface area contributed by atoms with Crippen molar-refractivity contribution in [2.24, 2.45) is 0 Å². The fourth-order valence-electron chi connectivity index (χ4n) is 0.384. The zero-order valence-electron chi connectivity index (χ0n) is 4.79. The zero-order chi connectivity index (χ0) is 6.24. The Kier molecular flexibility index (Phi) is 7.34. The minimum absolute atomic E-state index is 0.289. The zero-order valence-corrected chi connectivity index (χ0v) is 5.55. The Balaban J connectivity index is 2.53. The maximum Gasteiger partial charge on any atom is 0.102 e. The van der Waals surface area contributed by atoms with Crippen molar-refractivity contribution in [1.82, 2.24) is 5.32 Å². The van der Waals surface area contributed by atoms with E-state index in [0.717, 1.165) is 13.0 Å². The summed E-state index contributed by atoms with van der Waals surface area (Å²) in [5.74, 6) is 0.652. The Morgan fingerprint density at radius 2 is 2.12 bits per heavy atom. The highest BCUT2D eigenvalue weighted by atomic mass is 35.5. The Bertz CT molecular complexity index is 37.4. The second-order valence-corrected chi connectivity index (χ2v) is 1.86. The minimum atomic E-state index is -0.289. The average Bonchev–Trinajstić information content (AvgIpc) is 1.81. The quantitative estimate of drug-likeness (QED) is 0.446. The first-order valence-corrected chi connectivity index (χ1v) is 3.28. The van der Waals surface area contributed by atoms with Gasteiger partial charge in [0.05, 0.1) is 0 Å². The van der Waals surface area contributed by atoms with Gasteiger partial charge in [-0.2, -0.15) is 0 Å². The lowest BCUT2D eigenvalue weighted by Crippen LogP contribution is -2.18. The molecule has 0 aliphatic carbocycles. The Hall–Kier alpha value is 0.180. The standard InChI is InChI=1S/C5H11ClFN/c6-2-1-4-8-5-3-7/h8H,1-5H2. The summed E-state index contributed by atoms with van der Waals surface area (Å²) in [6.07, 6.45) is 0.918. The van der Waals surface area contributed by atoms with E-state index >= 15 is 0 Å². The molecule has 0 saturated carbocycles. The number of alkyl halides is 2. The molecule has 1 nitrogen and oxygen atoms in total. The molecular formula is C5H11ClFN. The molecule has 0 aromatic heterocycles. The number of hydrogen-bond donors (Lipinski definition) is 1. The number of hydrogen-bond acceptors (Lipinski definition) is 1. The average molecular weight is 140 g/mol. The molecule has 0 unspecified atom stereocenters. The van der Waals surface area contributed by atoms with Crippen LogP contribution < -0.4 is 5.32 Å². The van der Waals surface area contributed by atoms with Gasteiger partial charge in [-0.25, -0.2) is 4.39 Å². The third-order valence-electron chi connectivity index (χ3n) is 0.758. The highest BCUT2D eigenvalue weighted by Gasteiger charge is 1.83. The lowest BCUT2D eigenvalue weighted by Gasteiger charge is -1.96. The highest BCUT2D eigenvalue weighted by Crippen LogP contribution is 1.79. The van der Waals surface area contributed by atoms with Gasteiger partial charge >= 0.3 is 0 Å². The van der Waals surface area contributed by atoms with Crippen LogP contribution in [0.25, 0.3) is 0 Å². The van der Waals surface area contributed by atoms with Crippen LogP contribution in [0.1, 0.15) is 6.42 Å². The number of nitrogens with one attached hydrogen (secondary N) is 1. The van der Waals surface area contributed by atoms with Crippen molar-refractivity contribution < 1.29 is 4.39 Å². The van der Waals surface area contributed by atoms with E-state index < -0.39 is 0 Å². The molecule has 0 radical (unpaired) electrons. The van der Waals surface area contributed by atoms with Crippen molar-refractivity contribution in [3.05, 3.63) is 0 Å². The fourth-order valence-corrected chi connectivity index (χ4v) is 0.517. The van der Waals surface area contributed by atoms with E-state index in [0.29, 0.717) is 12.4 Å². The normalized spacial score (nSPS) is 9.75. The van der Waals surface area contributed by atoms with Crippen LogP contribution in [0, 0.1) is 0 Å². The molecule has 1 N–H and O–H groups in total. The lowest BCUT2D eigenvalue weighted by atomic mass is 10.5. The smallest absolute Gasteiger partial charge is 0.102 e. The SMILES string of the molecule is FCCNCCCCl. The molecule has 0 aliphatic heterocycles.